The maximum Gasteiger partial charge on any atom is -0.0313 e. The van der Waals surface area contributed by atoms with Gasteiger partial charge in [0, 0.05) is 0 Å². The lowest BCUT2D eigenvalue weighted by Gasteiger charge is -1.87. The molecule has 0 fully saturated rings. The standard InChI is InChI=1S/C9H16.C8H12/c1-4-5-6-7-8-9(2)3;1-3-5-7-8-6-4-2/h7-8H,2,4-6H2,1,3H3;3-5,7H,1-2,6,8H2. The van der Waals surface area contributed by atoms with Crippen LogP contribution in [0.2, 0.25) is 0 Å². The molecule has 0 spiro atoms. The third-order valence-electron chi connectivity index (χ3n) is 1.94. The molecule has 0 saturated heterocycles. The summed E-state index contributed by atoms with van der Waals surface area (Å²) in [7, 11) is 0. The maximum atomic E-state index is 3.77. The topological polar surface area (TPSA) is 0 Å². The first kappa shape index (κ1) is 18.1. The molecular formula is C17H28. The summed E-state index contributed by atoms with van der Waals surface area (Å²) in [5.74, 6) is 0. The van der Waals surface area contributed by atoms with Gasteiger partial charge in [-0.1, -0.05) is 75.0 Å². The van der Waals surface area contributed by atoms with E-state index in [0.29, 0.717) is 0 Å². The Bertz CT molecular complexity index is 241. The Morgan fingerprint density at radius 3 is 2.24 bits per heavy atom. The molecule has 0 heteroatoms. The first-order chi connectivity index (χ1) is 8.18. The van der Waals surface area contributed by atoms with Crippen molar-refractivity contribution in [2.75, 3.05) is 0 Å². The summed E-state index contributed by atoms with van der Waals surface area (Å²) in [5, 5.41) is 0. The minimum Gasteiger partial charge on any atom is -0.103 e. The van der Waals surface area contributed by atoms with Gasteiger partial charge in [0.15, 0.2) is 0 Å². The molecule has 0 aromatic rings. The lowest BCUT2D eigenvalue weighted by molar-refractivity contribution is 0.814. The van der Waals surface area contributed by atoms with E-state index in [0.717, 1.165) is 18.4 Å². The van der Waals surface area contributed by atoms with Crippen LogP contribution in [0.15, 0.2) is 61.8 Å². The highest BCUT2D eigenvalue weighted by molar-refractivity contribution is 5.10. The SMILES string of the molecule is C=C(C)C=CCCCC.C=CC=CCCC=C. The van der Waals surface area contributed by atoms with E-state index in [1.165, 1.54) is 19.3 Å². The first-order valence-electron chi connectivity index (χ1n) is 6.39. The van der Waals surface area contributed by atoms with Crippen molar-refractivity contribution in [1.82, 2.24) is 0 Å². The van der Waals surface area contributed by atoms with Crippen molar-refractivity contribution in [3.05, 3.63) is 61.8 Å². The normalized spacial score (nSPS) is 10.0. The van der Waals surface area contributed by atoms with E-state index in [9.17, 15) is 0 Å². The van der Waals surface area contributed by atoms with Crippen molar-refractivity contribution in [2.45, 2.75) is 46.0 Å². The Morgan fingerprint density at radius 1 is 1.06 bits per heavy atom. The van der Waals surface area contributed by atoms with Gasteiger partial charge in [0.05, 0.1) is 0 Å². The third-order valence-corrected chi connectivity index (χ3v) is 1.94. The Morgan fingerprint density at radius 2 is 1.76 bits per heavy atom. The van der Waals surface area contributed by atoms with Gasteiger partial charge in [0.25, 0.3) is 0 Å². The van der Waals surface area contributed by atoms with Crippen molar-refractivity contribution < 1.29 is 0 Å². The minimum atomic E-state index is 1.06. The lowest BCUT2D eigenvalue weighted by Crippen LogP contribution is -1.67. The third kappa shape index (κ3) is 25.2. The highest BCUT2D eigenvalue weighted by atomic mass is 13.8. The fourth-order valence-electron chi connectivity index (χ4n) is 1.01. The van der Waals surface area contributed by atoms with Crippen molar-refractivity contribution in [1.29, 1.82) is 0 Å². The molecule has 0 rings (SSSR count). The first-order valence-corrected chi connectivity index (χ1v) is 6.39. The summed E-state index contributed by atoms with van der Waals surface area (Å²) in [6.45, 7) is 15.1. The highest BCUT2D eigenvalue weighted by Crippen LogP contribution is 1.97. The second-order valence-corrected chi connectivity index (χ2v) is 3.92. The Balaban J connectivity index is 0. The zero-order valence-corrected chi connectivity index (χ0v) is 11.6. The molecule has 96 valence electrons. The molecular weight excluding hydrogens is 204 g/mol. The molecule has 0 atom stereocenters. The van der Waals surface area contributed by atoms with E-state index in [1.54, 1.807) is 6.08 Å². The molecule has 0 unspecified atom stereocenters. The van der Waals surface area contributed by atoms with Crippen molar-refractivity contribution in [3.8, 4) is 0 Å². The van der Waals surface area contributed by atoms with Crippen LogP contribution in [0.25, 0.3) is 0 Å². The van der Waals surface area contributed by atoms with E-state index in [-0.39, 0.29) is 0 Å². The number of hydrogen-bond acceptors (Lipinski definition) is 0. The molecule has 0 N–H and O–H groups in total. The number of rotatable bonds is 8. The Kier molecular flexibility index (Phi) is 18.2. The molecule has 0 radical (unpaired) electrons. The summed E-state index contributed by atoms with van der Waals surface area (Å²) in [6.07, 6.45) is 17.9. The molecule has 0 aliphatic rings. The molecule has 0 aromatic heterocycles. The minimum absolute atomic E-state index is 1.06. The van der Waals surface area contributed by atoms with Gasteiger partial charge in [-0.15, -0.1) is 6.58 Å². The smallest absolute Gasteiger partial charge is 0.0313 e. The largest absolute Gasteiger partial charge is 0.103 e. The van der Waals surface area contributed by atoms with E-state index < -0.39 is 0 Å². The van der Waals surface area contributed by atoms with Gasteiger partial charge in [-0.25, -0.2) is 0 Å². The zero-order valence-electron chi connectivity index (χ0n) is 11.6. The average Bonchev–Trinajstić information content (AvgIpc) is 2.31. The molecule has 0 nitrogen and oxygen atoms in total. The Labute approximate surface area is 108 Å². The molecule has 0 bridgehead atoms. The average molecular weight is 232 g/mol. The van der Waals surface area contributed by atoms with Gasteiger partial charge >= 0.3 is 0 Å². The van der Waals surface area contributed by atoms with E-state index in [1.807, 2.05) is 19.1 Å². The summed E-state index contributed by atoms with van der Waals surface area (Å²) >= 11 is 0. The van der Waals surface area contributed by atoms with Crippen LogP contribution < -0.4 is 0 Å². The number of allylic oxidation sites excluding steroid dienone is 7. The van der Waals surface area contributed by atoms with Gasteiger partial charge in [-0.05, 0) is 26.2 Å². The summed E-state index contributed by atoms with van der Waals surface area (Å²) in [5.41, 5.74) is 1.14. The summed E-state index contributed by atoms with van der Waals surface area (Å²) in [6, 6.07) is 0. The second kappa shape index (κ2) is 17.1. The summed E-state index contributed by atoms with van der Waals surface area (Å²) < 4.78 is 0. The fourth-order valence-corrected chi connectivity index (χ4v) is 1.01. The molecule has 0 aromatic carbocycles. The maximum absolute atomic E-state index is 3.77. The zero-order chi connectivity index (χ0) is 13.4. The van der Waals surface area contributed by atoms with E-state index in [2.05, 4.69) is 44.9 Å². The predicted octanol–water partition coefficient (Wildman–Crippen LogP) is 6.00. The highest BCUT2D eigenvalue weighted by Gasteiger charge is 1.76. The lowest BCUT2D eigenvalue weighted by atomic mass is 10.2. The van der Waals surface area contributed by atoms with Gasteiger partial charge in [0.2, 0.25) is 0 Å². The van der Waals surface area contributed by atoms with Crippen LogP contribution in [0.3, 0.4) is 0 Å². The van der Waals surface area contributed by atoms with Crippen molar-refractivity contribution in [2.24, 2.45) is 0 Å². The predicted molar refractivity (Wildman–Crippen MR) is 82.2 cm³/mol. The van der Waals surface area contributed by atoms with Crippen LogP contribution >= 0.6 is 0 Å². The van der Waals surface area contributed by atoms with Gasteiger partial charge in [0.1, 0.15) is 0 Å². The molecule has 0 amide bonds. The fraction of sp³-hybridized carbons (Fsp3) is 0.412. The quantitative estimate of drug-likeness (QED) is 0.273. The number of unbranched alkanes of at least 4 members (excludes halogenated alkanes) is 3. The van der Waals surface area contributed by atoms with Gasteiger partial charge in [-0.2, -0.15) is 0 Å². The summed E-state index contributed by atoms with van der Waals surface area (Å²) in [4.78, 5) is 0. The molecule has 0 heterocycles. The monoisotopic (exact) mass is 232 g/mol. The van der Waals surface area contributed by atoms with Crippen LogP contribution in [0.5, 0.6) is 0 Å². The van der Waals surface area contributed by atoms with Crippen LogP contribution in [0, 0.1) is 0 Å². The molecule has 17 heavy (non-hydrogen) atoms. The molecule has 0 aliphatic heterocycles. The molecule has 0 saturated carbocycles. The van der Waals surface area contributed by atoms with Crippen molar-refractivity contribution in [3.63, 3.8) is 0 Å². The molecule has 0 aliphatic carbocycles. The Hall–Kier alpha value is -1.30. The van der Waals surface area contributed by atoms with Gasteiger partial charge < -0.3 is 0 Å². The van der Waals surface area contributed by atoms with Crippen LogP contribution in [-0.2, 0) is 0 Å². The van der Waals surface area contributed by atoms with Crippen LogP contribution in [-0.4, -0.2) is 0 Å². The van der Waals surface area contributed by atoms with E-state index in [4.69, 9.17) is 0 Å². The van der Waals surface area contributed by atoms with Crippen LogP contribution in [0.1, 0.15) is 46.0 Å². The van der Waals surface area contributed by atoms with Gasteiger partial charge in [-0.3, -0.25) is 0 Å². The van der Waals surface area contributed by atoms with Crippen LogP contribution in [0.4, 0.5) is 0 Å². The van der Waals surface area contributed by atoms with Crippen molar-refractivity contribution >= 4 is 0 Å². The number of hydrogen-bond donors (Lipinski definition) is 0. The van der Waals surface area contributed by atoms with E-state index >= 15 is 0 Å². The second-order valence-electron chi connectivity index (χ2n) is 3.92.